The van der Waals surface area contributed by atoms with Crippen LogP contribution in [0.15, 0.2) is 77.7 Å². The molecule has 0 spiro atoms. The van der Waals surface area contributed by atoms with E-state index in [4.69, 9.17) is 0 Å². The average Bonchev–Trinajstić information content (AvgIpc) is 3.22. The third-order valence-corrected chi connectivity index (χ3v) is 7.83. The average molecular weight is 449 g/mol. The molecule has 1 N–H and O–H groups in total. The first-order valence-corrected chi connectivity index (χ1v) is 12.9. The highest BCUT2D eigenvalue weighted by atomic mass is 32.2. The fourth-order valence-electron chi connectivity index (χ4n) is 4.26. The summed E-state index contributed by atoms with van der Waals surface area (Å²) in [7, 11) is -3.55. The Morgan fingerprint density at radius 1 is 0.875 bits per heavy atom. The van der Waals surface area contributed by atoms with E-state index in [0.29, 0.717) is 6.04 Å². The molecule has 1 atom stereocenters. The SMILES string of the molecule is Cc1ccc(CNS(=O)(=O)c2ccc(-c3ccc(CCN4CCCC4C)cc3)cc2)cc1. The first-order chi connectivity index (χ1) is 15.4. The largest absolute Gasteiger partial charge is 0.300 e. The number of likely N-dealkylation sites (tertiary alicyclic amines) is 1. The number of aryl methyl sites for hydroxylation is 1. The quantitative estimate of drug-likeness (QED) is 0.517. The summed E-state index contributed by atoms with van der Waals surface area (Å²) in [5.74, 6) is 0. The van der Waals surface area contributed by atoms with Crippen LogP contribution in [0.3, 0.4) is 0 Å². The van der Waals surface area contributed by atoms with Gasteiger partial charge in [-0.3, -0.25) is 0 Å². The summed E-state index contributed by atoms with van der Waals surface area (Å²) in [4.78, 5) is 2.85. The Hall–Kier alpha value is -2.47. The molecule has 168 valence electrons. The van der Waals surface area contributed by atoms with E-state index in [1.54, 1.807) is 12.1 Å². The zero-order valence-corrected chi connectivity index (χ0v) is 19.7. The van der Waals surface area contributed by atoms with Gasteiger partial charge in [0.25, 0.3) is 0 Å². The second-order valence-corrected chi connectivity index (χ2v) is 10.6. The van der Waals surface area contributed by atoms with Crippen molar-refractivity contribution in [3.8, 4) is 11.1 Å². The van der Waals surface area contributed by atoms with E-state index in [1.807, 2.05) is 43.3 Å². The third-order valence-electron chi connectivity index (χ3n) is 6.42. The molecule has 1 saturated heterocycles. The van der Waals surface area contributed by atoms with Gasteiger partial charge in [-0.1, -0.05) is 66.2 Å². The second-order valence-electron chi connectivity index (χ2n) is 8.81. The lowest BCUT2D eigenvalue weighted by Crippen LogP contribution is -2.28. The molecule has 1 unspecified atom stereocenters. The van der Waals surface area contributed by atoms with Crippen molar-refractivity contribution in [2.75, 3.05) is 13.1 Å². The molecule has 4 nitrogen and oxygen atoms in total. The van der Waals surface area contributed by atoms with Gasteiger partial charge in [-0.15, -0.1) is 0 Å². The van der Waals surface area contributed by atoms with Gasteiger partial charge < -0.3 is 4.90 Å². The fourth-order valence-corrected chi connectivity index (χ4v) is 5.27. The third kappa shape index (κ3) is 5.66. The Kier molecular flexibility index (Phi) is 7.09. The molecular weight excluding hydrogens is 416 g/mol. The van der Waals surface area contributed by atoms with Crippen molar-refractivity contribution < 1.29 is 8.42 Å². The molecule has 0 aliphatic carbocycles. The van der Waals surface area contributed by atoms with Crippen LogP contribution in [-0.2, 0) is 23.0 Å². The van der Waals surface area contributed by atoms with Crippen molar-refractivity contribution >= 4 is 10.0 Å². The smallest absolute Gasteiger partial charge is 0.240 e. The van der Waals surface area contributed by atoms with Gasteiger partial charge in [0.05, 0.1) is 4.90 Å². The molecule has 1 heterocycles. The predicted octanol–water partition coefficient (Wildman–Crippen LogP) is 5.17. The van der Waals surface area contributed by atoms with E-state index in [-0.39, 0.29) is 11.4 Å². The Morgan fingerprint density at radius 3 is 2.06 bits per heavy atom. The van der Waals surface area contributed by atoms with Crippen molar-refractivity contribution in [2.24, 2.45) is 0 Å². The number of sulfonamides is 1. The van der Waals surface area contributed by atoms with Gasteiger partial charge in [0, 0.05) is 19.1 Å². The Bertz CT molecular complexity index is 1120. The van der Waals surface area contributed by atoms with Crippen LogP contribution >= 0.6 is 0 Å². The molecule has 3 aromatic rings. The van der Waals surface area contributed by atoms with Crippen LogP contribution in [0.1, 0.15) is 36.5 Å². The second kappa shape index (κ2) is 9.99. The summed E-state index contributed by atoms with van der Waals surface area (Å²) in [6, 6.07) is 24.3. The van der Waals surface area contributed by atoms with Gasteiger partial charge >= 0.3 is 0 Å². The lowest BCUT2D eigenvalue weighted by Gasteiger charge is -2.20. The minimum Gasteiger partial charge on any atom is -0.300 e. The Balaban J connectivity index is 1.36. The molecule has 1 aliphatic rings. The molecule has 3 aromatic carbocycles. The van der Waals surface area contributed by atoms with Crippen LogP contribution in [0.4, 0.5) is 0 Å². The molecule has 0 radical (unpaired) electrons. The summed E-state index contributed by atoms with van der Waals surface area (Å²) >= 11 is 0. The van der Waals surface area contributed by atoms with Crippen LogP contribution in [0.5, 0.6) is 0 Å². The Labute approximate surface area is 192 Å². The monoisotopic (exact) mass is 448 g/mol. The van der Waals surface area contributed by atoms with Crippen molar-refractivity contribution in [2.45, 2.75) is 50.6 Å². The van der Waals surface area contributed by atoms with Gasteiger partial charge in [-0.25, -0.2) is 13.1 Å². The number of nitrogens with zero attached hydrogens (tertiary/aromatic N) is 1. The lowest BCUT2D eigenvalue weighted by molar-refractivity contribution is 0.272. The minimum atomic E-state index is -3.55. The molecule has 1 aliphatic heterocycles. The fraction of sp³-hybridized carbons (Fsp3) is 0.333. The number of nitrogens with one attached hydrogen (secondary N) is 1. The number of benzene rings is 3. The number of hydrogen-bond donors (Lipinski definition) is 1. The molecule has 0 aromatic heterocycles. The van der Waals surface area contributed by atoms with Gasteiger partial charge in [0.15, 0.2) is 0 Å². The topological polar surface area (TPSA) is 49.4 Å². The van der Waals surface area contributed by atoms with E-state index in [1.165, 1.54) is 24.9 Å². The van der Waals surface area contributed by atoms with Crippen molar-refractivity contribution in [3.63, 3.8) is 0 Å². The molecule has 0 saturated carbocycles. The van der Waals surface area contributed by atoms with Crippen LogP contribution in [0.25, 0.3) is 11.1 Å². The van der Waals surface area contributed by atoms with Crippen LogP contribution in [0, 0.1) is 6.92 Å². The zero-order chi connectivity index (χ0) is 22.6. The Morgan fingerprint density at radius 2 is 1.47 bits per heavy atom. The van der Waals surface area contributed by atoms with Crippen molar-refractivity contribution in [3.05, 3.63) is 89.5 Å². The van der Waals surface area contributed by atoms with Gasteiger partial charge in [0.2, 0.25) is 10.0 Å². The highest BCUT2D eigenvalue weighted by Gasteiger charge is 2.19. The van der Waals surface area contributed by atoms with E-state index in [0.717, 1.165) is 35.2 Å². The van der Waals surface area contributed by atoms with Crippen molar-refractivity contribution in [1.29, 1.82) is 0 Å². The first-order valence-electron chi connectivity index (χ1n) is 11.4. The number of hydrogen-bond acceptors (Lipinski definition) is 3. The van der Waals surface area contributed by atoms with E-state index in [9.17, 15) is 8.42 Å². The van der Waals surface area contributed by atoms with E-state index >= 15 is 0 Å². The van der Waals surface area contributed by atoms with Crippen molar-refractivity contribution in [1.82, 2.24) is 9.62 Å². The maximum Gasteiger partial charge on any atom is 0.240 e. The summed E-state index contributed by atoms with van der Waals surface area (Å²) < 4.78 is 28.0. The van der Waals surface area contributed by atoms with Crippen LogP contribution in [0.2, 0.25) is 0 Å². The highest BCUT2D eigenvalue weighted by molar-refractivity contribution is 7.89. The van der Waals surface area contributed by atoms with E-state index < -0.39 is 10.0 Å². The zero-order valence-electron chi connectivity index (χ0n) is 18.9. The molecule has 5 heteroatoms. The summed E-state index contributed by atoms with van der Waals surface area (Å²) in [6.07, 6.45) is 3.69. The van der Waals surface area contributed by atoms with Gasteiger partial charge in [-0.05, 0) is 74.0 Å². The molecule has 0 bridgehead atoms. The van der Waals surface area contributed by atoms with Crippen LogP contribution < -0.4 is 4.72 Å². The van der Waals surface area contributed by atoms with Gasteiger partial charge in [0.1, 0.15) is 0 Å². The normalized spacial score (nSPS) is 17.0. The molecule has 1 fully saturated rings. The number of rotatable bonds is 8. The highest BCUT2D eigenvalue weighted by Crippen LogP contribution is 2.23. The standard InChI is InChI=1S/C27H32N2O2S/c1-21-5-7-24(8-6-21)20-28-32(30,31)27-15-13-26(14-16-27)25-11-9-23(10-12-25)17-19-29-18-3-4-22(29)2/h5-16,22,28H,3-4,17-20H2,1-2H3. The molecule has 0 amide bonds. The van der Waals surface area contributed by atoms with Gasteiger partial charge in [-0.2, -0.15) is 0 Å². The molecule has 32 heavy (non-hydrogen) atoms. The summed E-state index contributed by atoms with van der Waals surface area (Å²) in [6.45, 7) is 6.94. The lowest BCUT2D eigenvalue weighted by atomic mass is 10.0. The van der Waals surface area contributed by atoms with Crippen LogP contribution in [-0.4, -0.2) is 32.4 Å². The minimum absolute atomic E-state index is 0.280. The molecular formula is C27H32N2O2S. The maximum absolute atomic E-state index is 12.7. The summed E-state index contributed by atoms with van der Waals surface area (Å²) in [5.41, 5.74) is 5.55. The predicted molar refractivity (Wildman–Crippen MR) is 131 cm³/mol. The first kappa shape index (κ1) is 22.7. The summed E-state index contributed by atoms with van der Waals surface area (Å²) in [5, 5.41) is 0. The van der Waals surface area contributed by atoms with E-state index in [2.05, 4.69) is 40.8 Å². The maximum atomic E-state index is 12.7. The molecule has 4 rings (SSSR count).